The number of hydrazine groups is 1. The molecule has 1 aliphatic rings. The number of carbonyl (C=O) groups is 2. The van der Waals surface area contributed by atoms with Crippen molar-refractivity contribution in [2.45, 2.75) is 46.0 Å². The molecule has 158 valence electrons. The molecule has 0 aliphatic heterocycles. The zero-order valence-corrected chi connectivity index (χ0v) is 18.1. The van der Waals surface area contributed by atoms with E-state index in [9.17, 15) is 9.59 Å². The van der Waals surface area contributed by atoms with Crippen molar-refractivity contribution in [3.8, 4) is 5.75 Å². The van der Waals surface area contributed by atoms with Gasteiger partial charge in [-0.3, -0.25) is 15.0 Å². The monoisotopic (exact) mass is 406 g/mol. The minimum atomic E-state index is -0.305. The summed E-state index contributed by atoms with van der Waals surface area (Å²) < 4.78 is 5.60. The molecule has 0 radical (unpaired) electrons. The van der Waals surface area contributed by atoms with E-state index in [1.807, 2.05) is 56.3 Å². The molecule has 0 bridgehead atoms. The lowest BCUT2D eigenvalue weighted by Gasteiger charge is -2.29. The maximum Gasteiger partial charge on any atom is 0.276 e. The van der Waals surface area contributed by atoms with Crippen molar-refractivity contribution in [3.63, 3.8) is 0 Å². The normalized spacial score (nSPS) is 15.9. The summed E-state index contributed by atoms with van der Waals surface area (Å²) in [6.45, 7) is 8.33. The van der Waals surface area contributed by atoms with Crippen LogP contribution in [0.3, 0.4) is 0 Å². The van der Waals surface area contributed by atoms with Crippen LogP contribution in [-0.4, -0.2) is 18.3 Å². The number of allylic oxidation sites excluding steroid dienone is 2. The van der Waals surface area contributed by atoms with Crippen LogP contribution in [0.15, 0.2) is 66.4 Å². The SMILES string of the molecule is CC1(C)CC(=O)C=C(NNC(=O)COc2ccc(C(C)(C)c3ccccc3)cc2)C1. The Morgan fingerprint density at radius 1 is 1.00 bits per heavy atom. The van der Waals surface area contributed by atoms with E-state index >= 15 is 0 Å². The molecule has 0 saturated carbocycles. The summed E-state index contributed by atoms with van der Waals surface area (Å²) >= 11 is 0. The number of carbonyl (C=O) groups excluding carboxylic acids is 2. The van der Waals surface area contributed by atoms with Gasteiger partial charge in [-0.05, 0) is 35.1 Å². The molecule has 1 amide bonds. The third kappa shape index (κ3) is 5.50. The maximum absolute atomic E-state index is 12.1. The lowest BCUT2D eigenvalue weighted by Crippen LogP contribution is -2.42. The van der Waals surface area contributed by atoms with E-state index in [1.165, 1.54) is 11.1 Å². The predicted octanol–water partition coefficient (Wildman–Crippen LogP) is 4.29. The highest BCUT2D eigenvalue weighted by molar-refractivity contribution is 5.91. The van der Waals surface area contributed by atoms with Crippen molar-refractivity contribution < 1.29 is 14.3 Å². The molecule has 2 aromatic carbocycles. The van der Waals surface area contributed by atoms with Crippen LogP contribution in [0.1, 0.15) is 51.7 Å². The first kappa shape index (κ1) is 21.6. The molecule has 3 rings (SSSR count). The van der Waals surface area contributed by atoms with E-state index in [0.717, 1.165) is 5.70 Å². The van der Waals surface area contributed by atoms with Crippen LogP contribution < -0.4 is 15.6 Å². The van der Waals surface area contributed by atoms with Gasteiger partial charge in [0.1, 0.15) is 5.75 Å². The van der Waals surface area contributed by atoms with Crippen molar-refractivity contribution in [2.75, 3.05) is 6.61 Å². The molecule has 30 heavy (non-hydrogen) atoms. The Balaban J connectivity index is 1.51. The van der Waals surface area contributed by atoms with Gasteiger partial charge in [0.2, 0.25) is 0 Å². The van der Waals surface area contributed by atoms with Gasteiger partial charge < -0.3 is 10.2 Å². The van der Waals surface area contributed by atoms with Gasteiger partial charge in [-0.15, -0.1) is 0 Å². The fourth-order valence-electron chi connectivity index (χ4n) is 3.75. The molecular weight excluding hydrogens is 376 g/mol. The molecule has 1 aliphatic carbocycles. The number of nitrogens with one attached hydrogen (secondary N) is 2. The van der Waals surface area contributed by atoms with Crippen molar-refractivity contribution >= 4 is 11.7 Å². The molecule has 0 unspecified atom stereocenters. The quantitative estimate of drug-likeness (QED) is 0.674. The zero-order chi connectivity index (χ0) is 21.8. The summed E-state index contributed by atoms with van der Waals surface area (Å²) in [6.07, 6.45) is 2.78. The first-order valence-electron chi connectivity index (χ1n) is 10.2. The highest BCUT2D eigenvalue weighted by Crippen LogP contribution is 2.33. The summed E-state index contributed by atoms with van der Waals surface area (Å²) in [4.78, 5) is 23.9. The summed E-state index contributed by atoms with van der Waals surface area (Å²) in [6, 6.07) is 18.2. The van der Waals surface area contributed by atoms with Gasteiger partial charge in [0.05, 0.1) is 0 Å². The number of benzene rings is 2. The number of rotatable bonds is 7. The average molecular weight is 407 g/mol. The summed E-state index contributed by atoms with van der Waals surface area (Å²) in [5.41, 5.74) is 8.35. The van der Waals surface area contributed by atoms with E-state index in [4.69, 9.17) is 4.74 Å². The Morgan fingerprint density at radius 2 is 1.63 bits per heavy atom. The fraction of sp³-hybridized carbons (Fsp3) is 0.360. The second-order valence-corrected chi connectivity index (χ2v) is 9.13. The highest BCUT2D eigenvalue weighted by atomic mass is 16.5. The van der Waals surface area contributed by atoms with Crippen LogP contribution in [0.2, 0.25) is 0 Å². The van der Waals surface area contributed by atoms with Gasteiger partial charge in [0.25, 0.3) is 5.91 Å². The van der Waals surface area contributed by atoms with Crippen molar-refractivity contribution in [1.29, 1.82) is 0 Å². The minimum Gasteiger partial charge on any atom is -0.484 e. The van der Waals surface area contributed by atoms with E-state index in [1.54, 1.807) is 6.08 Å². The van der Waals surface area contributed by atoms with Gasteiger partial charge in [-0.2, -0.15) is 0 Å². The smallest absolute Gasteiger partial charge is 0.276 e. The predicted molar refractivity (Wildman–Crippen MR) is 118 cm³/mol. The van der Waals surface area contributed by atoms with Crippen molar-refractivity contribution in [3.05, 3.63) is 77.5 Å². The van der Waals surface area contributed by atoms with Crippen LogP contribution in [0, 0.1) is 5.41 Å². The Bertz CT molecular complexity index is 929. The Hall–Kier alpha value is -3.08. The van der Waals surface area contributed by atoms with Gasteiger partial charge in [0.15, 0.2) is 12.4 Å². The van der Waals surface area contributed by atoms with Crippen LogP contribution in [0.4, 0.5) is 0 Å². The molecule has 2 N–H and O–H groups in total. The van der Waals surface area contributed by atoms with Crippen molar-refractivity contribution in [1.82, 2.24) is 10.9 Å². The molecular formula is C25H30N2O3. The third-order valence-corrected chi connectivity index (χ3v) is 5.46. The lowest BCUT2D eigenvalue weighted by atomic mass is 9.78. The largest absolute Gasteiger partial charge is 0.484 e. The summed E-state index contributed by atoms with van der Waals surface area (Å²) in [5, 5.41) is 0. The Labute approximate surface area is 178 Å². The summed E-state index contributed by atoms with van der Waals surface area (Å²) in [7, 11) is 0. The average Bonchev–Trinajstić information content (AvgIpc) is 2.70. The Morgan fingerprint density at radius 3 is 2.27 bits per heavy atom. The maximum atomic E-state index is 12.1. The van der Waals surface area contributed by atoms with E-state index in [2.05, 4.69) is 36.8 Å². The van der Waals surface area contributed by atoms with Gasteiger partial charge >= 0.3 is 0 Å². The van der Waals surface area contributed by atoms with Crippen LogP contribution in [0.5, 0.6) is 5.75 Å². The van der Waals surface area contributed by atoms with Crippen LogP contribution in [0.25, 0.3) is 0 Å². The number of hydrogen-bond donors (Lipinski definition) is 2. The topological polar surface area (TPSA) is 67.4 Å². The first-order valence-corrected chi connectivity index (χ1v) is 10.2. The molecule has 5 heteroatoms. The van der Waals surface area contributed by atoms with Gasteiger partial charge in [0, 0.05) is 23.6 Å². The van der Waals surface area contributed by atoms with E-state index in [0.29, 0.717) is 18.6 Å². The van der Waals surface area contributed by atoms with E-state index in [-0.39, 0.29) is 29.1 Å². The molecule has 2 aromatic rings. The highest BCUT2D eigenvalue weighted by Gasteiger charge is 2.27. The first-order chi connectivity index (χ1) is 14.2. The number of ether oxygens (including phenoxy) is 1. The molecule has 0 spiro atoms. The lowest BCUT2D eigenvalue weighted by molar-refractivity contribution is -0.124. The van der Waals surface area contributed by atoms with Crippen LogP contribution >= 0.6 is 0 Å². The molecule has 0 atom stereocenters. The molecule has 0 aromatic heterocycles. The zero-order valence-electron chi connectivity index (χ0n) is 18.1. The van der Waals surface area contributed by atoms with Gasteiger partial charge in [-0.25, -0.2) is 0 Å². The Kier molecular flexibility index (Phi) is 6.30. The number of hydrogen-bond acceptors (Lipinski definition) is 4. The number of ketones is 1. The number of amides is 1. The minimum absolute atomic E-state index is 0.0674. The third-order valence-electron chi connectivity index (χ3n) is 5.46. The van der Waals surface area contributed by atoms with Gasteiger partial charge in [-0.1, -0.05) is 70.2 Å². The molecule has 0 heterocycles. The molecule has 0 fully saturated rings. The van der Waals surface area contributed by atoms with E-state index < -0.39 is 0 Å². The fourth-order valence-corrected chi connectivity index (χ4v) is 3.75. The molecule has 5 nitrogen and oxygen atoms in total. The summed E-state index contributed by atoms with van der Waals surface area (Å²) in [5.74, 6) is 0.393. The standard InChI is InChI=1S/C25H30N2O3/c1-24(2)15-20(14-21(28)16-24)26-27-23(29)17-30-22-12-10-19(11-13-22)25(3,4)18-8-6-5-7-9-18/h5-14,26H,15-17H2,1-4H3,(H,27,29). The van der Waals surface area contributed by atoms with Crippen molar-refractivity contribution in [2.24, 2.45) is 5.41 Å². The van der Waals surface area contributed by atoms with Crippen LogP contribution in [-0.2, 0) is 15.0 Å². The molecule has 0 saturated heterocycles. The second kappa shape index (κ2) is 8.74. The second-order valence-electron chi connectivity index (χ2n) is 9.13.